The molecule has 3 atom stereocenters. The van der Waals surface area contributed by atoms with Crippen molar-refractivity contribution in [1.29, 1.82) is 0 Å². The predicted octanol–water partition coefficient (Wildman–Crippen LogP) is -0.0959. The lowest BCUT2D eigenvalue weighted by molar-refractivity contribution is -0.145. The first kappa shape index (κ1) is 20.5. The zero-order valence-electron chi connectivity index (χ0n) is 16.5. The lowest BCUT2D eigenvalue weighted by atomic mass is 10.0. The van der Waals surface area contributed by atoms with Crippen LogP contribution in [0.3, 0.4) is 0 Å². The minimum atomic E-state index is -3.30. The van der Waals surface area contributed by atoms with Crippen molar-refractivity contribution in [1.82, 2.24) is 19.8 Å². The van der Waals surface area contributed by atoms with Gasteiger partial charge in [-0.1, -0.05) is 26.7 Å². The van der Waals surface area contributed by atoms with E-state index in [4.69, 9.17) is 0 Å². The minimum absolute atomic E-state index is 0.0139. The number of amides is 2. The summed E-state index contributed by atoms with van der Waals surface area (Å²) in [5.74, 6) is -0.152. The Morgan fingerprint density at radius 1 is 1.19 bits per heavy atom. The molecule has 3 rings (SSSR count). The second kappa shape index (κ2) is 8.05. The van der Waals surface area contributed by atoms with E-state index in [9.17, 15) is 18.0 Å². The molecule has 2 amide bonds. The topological polar surface area (TPSA) is 98.8 Å². The number of nitrogens with zero attached hydrogens (tertiary/aromatic N) is 2. The number of sulfonamides is 1. The van der Waals surface area contributed by atoms with E-state index in [1.54, 1.807) is 0 Å². The van der Waals surface area contributed by atoms with Crippen molar-refractivity contribution in [3.8, 4) is 0 Å². The molecule has 2 saturated heterocycles. The molecule has 0 spiro atoms. The molecule has 8 nitrogen and oxygen atoms in total. The Morgan fingerprint density at radius 3 is 2.44 bits per heavy atom. The van der Waals surface area contributed by atoms with Crippen LogP contribution < -0.4 is 10.0 Å². The van der Waals surface area contributed by atoms with Gasteiger partial charge in [0, 0.05) is 43.7 Å². The summed E-state index contributed by atoms with van der Waals surface area (Å²) in [7, 11) is -3.30. The number of piperazine rings is 1. The lowest BCUT2D eigenvalue weighted by Gasteiger charge is -2.45. The first-order valence-electron chi connectivity index (χ1n) is 9.97. The van der Waals surface area contributed by atoms with Crippen molar-refractivity contribution in [3.63, 3.8) is 0 Å². The molecular formula is C18H32N4O4S. The molecule has 2 heterocycles. The van der Waals surface area contributed by atoms with E-state index in [2.05, 4.69) is 14.9 Å². The summed E-state index contributed by atoms with van der Waals surface area (Å²) in [6.07, 6.45) is 6.31. The molecular weight excluding hydrogens is 368 g/mol. The Bertz CT molecular complexity index is 675. The van der Waals surface area contributed by atoms with Crippen molar-refractivity contribution >= 4 is 21.8 Å². The fourth-order valence-electron chi connectivity index (χ4n) is 4.70. The van der Waals surface area contributed by atoms with Gasteiger partial charge in [-0.3, -0.25) is 14.5 Å². The molecule has 2 aliphatic heterocycles. The summed E-state index contributed by atoms with van der Waals surface area (Å²) in [4.78, 5) is 29.3. The minimum Gasteiger partial charge on any atom is -0.354 e. The number of hydrogen-bond donors (Lipinski definition) is 2. The van der Waals surface area contributed by atoms with Crippen LogP contribution >= 0.6 is 0 Å². The van der Waals surface area contributed by atoms with Crippen LogP contribution in [-0.4, -0.2) is 80.1 Å². The standard InChI is InChI=1S/C18H32N4O4S/c1-12(2)17(23)19-9-16-18(24)22-10-13(20-27(3,25)26)8-15(22)11-21(16)14-6-4-5-7-14/h12-16,20H,4-11H2,1-3H3,(H,19,23)/t13-,15-,16-/m0/s1. The Morgan fingerprint density at radius 2 is 1.85 bits per heavy atom. The third kappa shape index (κ3) is 4.81. The highest BCUT2D eigenvalue weighted by Crippen LogP contribution is 2.32. The summed E-state index contributed by atoms with van der Waals surface area (Å²) in [6.45, 7) is 5.15. The second-order valence-corrected chi connectivity index (χ2v) is 10.3. The summed E-state index contributed by atoms with van der Waals surface area (Å²) < 4.78 is 25.8. The van der Waals surface area contributed by atoms with Gasteiger partial charge in [-0.15, -0.1) is 0 Å². The first-order chi connectivity index (χ1) is 12.7. The second-order valence-electron chi connectivity index (χ2n) is 8.52. The number of carbonyl (C=O) groups excluding carboxylic acids is 2. The molecule has 3 fully saturated rings. The molecule has 1 saturated carbocycles. The molecule has 0 unspecified atom stereocenters. The first-order valence-corrected chi connectivity index (χ1v) is 11.9. The third-order valence-electron chi connectivity index (χ3n) is 5.97. The molecule has 0 radical (unpaired) electrons. The molecule has 3 aliphatic rings. The molecule has 2 N–H and O–H groups in total. The van der Waals surface area contributed by atoms with Gasteiger partial charge in [0.25, 0.3) is 0 Å². The highest BCUT2D eigenvalue weighted by molar-refractivity contribution is 7.88. The molecule has 0 aromatic heterocycles. The normalized spacial score (nSPS) is 30.1. The van der Waals surface area contributed by atoms with E-state index < -0.39 is 10.0 Å². The summed E-state index contributed by atoms with van der Waals surface area (Å²) in [5, 5.41) is 2.93. The molecule has 0 aromatic rings. The zero-order valence-corrected chi connectivity index (χ0v) is 17.3. The zero-order chi connectivity index (χ0) is 19.8. The molecule has 0 bridgehead atoms. The quantitative estimate of drug-likeness (QED) is 0.649. The summed E-state index contributed by atoms with van der Waals surface area (Å²) in [6, 6.07) is -0.180. The highest BCUT2D eigenvalue weighted by Gasteiger charge is 2.47. The number of fused-ring (bicyclic) bond motifs is 1. The van der Waals surface area contributed by atoms with Crippen LogP contribution in [0.25, 0.3) is 0 Å². The van der Waals surface area contributed by atoms with Crippen LogP contribution in [0, 0.1) is 5.92 Å². The maximum Gasteiger partial charge on any atom is 0.242 e. The van der Waals surface area contributed by atoms with Gasteiger partial charge >= 0.3 is 0 Å². The van der Waals surface area contributed by atoms with Gasteiger partial charge in [0.05, 0.1) is 6.26 Å². The Kier molecular flexibility index (Phi) is 6.12. The van der Waals surface area contributed by atoms with Crippen molar-refractivity contribution in [2.24, 2.45) is 5.92 Å². The van der Waals surface area contributed by atoms with Gasteiger partial charge in [-0.25, -0.2) is 13.1 Å². The smallest absolute Gasteiger partial charge is 0.242 e. The van der Waals surface area contributed by atoms with E-state index in [0.717, 1.165) is 25.6 Å². The van der Waals surface area contributed by atoms with Crippen LogP contribution in [0.5, 0.6) is 0 Å². The lowest BCUT2D eigenvalue weighted by Crippen LogP contribution is -2.64. The fourth-order valence-corrected chi connectivity index (χ4v) is 5.47. The summed E-state index contributed by atoms with van der Waals surface area (Å²) >= 11 is 0. The number of nitrogens with one attached hydrogen (secondary N) is 2. The predicted molar refractivity (Wildman–Crippen MR) is 102 cm³/mol. The van der Waals surface area contributed by atoms with Crippen LogP contribution in [0.15, 0.2) is 0 Å². The van der Waals surface area contributed by atoms with Gasteiger partial charge in [-0.05, 0) is 19.3 Å². The largest absolute Gasteiger partial charge is 0.354 e. The Hall–Kier alpha value is -1.19. The Balaban J connectivity index is 1.74. The molecule has 154 valence electrons. The van der Waals surface area contributed by atoms with E-state index >= 15 is 0 Å². The number of hydrogen-bond acceptors (Lipinski definition) is 5. The van der Waals surface area contributed by atoms with Crippen LogP contribution in [0.1, 0.15) is 46.0 Å². The van der Waals surface area contributed by atoms with Crippen molar-refractivity contribution in [3.05, 3.63) is 0 Å². The van der Waals surface area contributed by atoms with Gasteiger partial charge in [0.2, 0.25) is 21.8 Å². The van der Waals surface area contributed by atoms with Crippen LogP contribution in [-0.2, 0) is 19.6 Å². The van der Waals surface area contributed by atoms with Crippen molar-refractivity contribution in [2.75, 3.05) is 25.9 Å². The molecule has 1 aliphatic carbocycles. The van der Waals surface area contributed by atoms with Gasteiger partial charge in [0.1, 0.15) is 6.04 Å². The Labute approximate surface area is 162 Å². The number of rotatable bonds is 6. The number of carbonyl (C=O) groups is 2. The van der Waals surface area contributed by atoms with Crippen molar-refractivity contribution < 1.29 is 18.0 Å². The maximum atomic E-state index is 13.2. The van der Waals surface area contributed by atoms with Crippen LogP contribution in [0.2, 0.25) is 0 Å². The van der Waals surface area contributed by atoms with E-state index in [1.165, 1.54) is 12.8 Å². The highest BCUT2D eigenvalue weighted by atomic mass is 32.2. The van der Waals surface area contributed by atoms with Crippen LogP contribution in [0.4, 0.5) is 0 Å². The fraction of sp³-hybridized carbons (Fsp3) is 0.889. The van der Waals surface area contributed by atoms with Gasteiger partial charge in [-0.2, -0.15) is 0 Å². The SMILES string of the molecule is CC(C)C(=O)NC[C@H]1C(=O)N2C[C@@H](NS(C)(=O)=O)C[C@H]2CN1C1CCCC1. The molecule has 0 aromatic carbocycles. The average Bonchev–Trinajstić information content (AvgIpc) is 3.21. The van der Waals surface area contributed by atoms with E-state index in [-0.39, 0.29) is 35.9 Å². The molecule has 27 heavy (non-hydrogen) atoms. The third-order valence-corrected chi connectivity index (χ3v) is 6.73. The van der Waals surface area contributed by atoms with E-state index in [0.29, 0.717) is 25.6 Å². The monoisotopic (exact) mass is 400 g/mol. The maximum absolute atomic E-state index is 13.2. The van der Waals surface area contributed by atoms with Gasteiger partial charge in [0.15, 0.2) is 0 Å². The van der Waals surface area contributed by atoms with Gasteiger partial charge < -0.3 is 10.2 Å². The van der Waals surface area contributed by atoms with Crippen molar-refractivity contribution in [2.45, 2.75) is 70.1 Å². The van der Waals surface area contributed by atoms with E-state index in [1.807, 2.05) is 18.7 Å². The summed E-state index contributed by atoms with van der Waals surface area (Å²) in [5.41, 5.74) is 0. The average molecular weight is 401 g/mol. The molecule has 9 heteroatoms.